The molecule has 0 spiro atoms. The zero-order valence-corrected chi connectivity index (χ0v) is 11.5. The van der Waals surface area contributed by atoms with Gasteiger partial charge in [0.1, 0.15) is 0 Å². The molecule has 0 atom stereocenters. The molecule has 1 N–H and O–H groups in total. The van der Waals surface area contributed by atoms with Gasteiger partial charge in [0.25, 0.3) is 0 Å². The second kappa shape index (κ2) is 9.23. The Morgan fingerprint density at radius 3 is 2.53 bits per heavy atom. The van der Waals surface area contributed by atoms with E-state index >= 15 is 0 Å². The second-order valence-electron chi connectivity index (χ2n) is 4.43. The van der Waals surface area contributed by atoms with Crippen LogP contribution in [0.3, 0.4) is 0 Å². The van der Waals surface area contributed by atoms with Crippen LogP contribution in [0.1, 0.15) is 58.3 Å². The quantitative estimate of drug-likeness (QED) is 0.628. The highest BCUT2D eigenvalue weighted by Gasteiger charge is 2.01. The molecule has 0 aromatic carbocycles. The predicted octanol–water partition coefficient (Wildman–Crippen LogP) is 4.83. The van der Waals surface area contributed by atoms with Crippen molar-refractivity contribution in [1.29, 1.82) is 0 Å². The third kappa shape index (κ3) is 7.16. The predicted molar refractivity (Wildman–Crippen MR) is 75.6 cm³/mol. The maximum absolute atomic E-state index is 11.5. The largest absolute Gasteiger partial charge is 0.325 e. The molecule has 96 valence electrons. The van der Waals surface area contributed by atoms with Crippen LogP contribution in [0, 0.1) is 0 Å². The first-order valence-corrected chi connectivity index (χ1v) is 7.59. The van der Waals surface area contributed by atoms with Crippen LogP contribution in [-0.2, 0) is 4.79 Å². The molecular formula is C14H23NOS. The molecular weight excluding hydrogens is 230 g/mol. The van der Waals surface area contributed by atoms with Gasteiger partial charge in [-0.15, -0.1) is 0 Å². The van der Waals surface area contributed by atoms with Gasteiger partial charge >= 0.3 is 0 Å². The van der Waals surface area contributed by atoms with Crippen molar-refractivity contribution in [1.82, 2.24) is 0 Å². The second-order valence-corrected chi connectivity index (χ2v) is 5.21. The van der Waals surface area contributed by atoms with E-state index < -0.39 is 0 Å². The molecule has 3 heteroatoms. The molecule has 0 unspecified atom stereocenters. The highest BCUT2D eigenvalue weighted by atomic mass is 32.1. The molecule has 1 rings (SSSR count). The first-order chi connectivity index (χ1) is 8.33. The number of hydrogen-bond acceptors (Lipinski definition) is 2. The first kappa shape index (κ1) is 14.2. The lowest BCUT2D eigenvalue weighted by atomic mass is 10.1. The van der Waals surface area contributed by atoms with E-state index in [0.717, 1.165) is 12.1 Å². The van der Waals surface area contributed by atoms with Gasteiger partial charge in [-0.25, -0.2) is 0 Å². The van der Waals surface area contributed by atoms with Crippen molar-refractivity contribution in [2.24, 2.45) is 0 Å². The van der Waals surface area contributed by atoms with Gasteiger partial charge < -0.3 is 5.32 Å². The average molecular weight is 253 g/mol. The van der Waals surface area contributed by atoms with E-state index in [4.69, 9.17) is 0 Å². The van der Waals surface area contributed by atoms with Gasteiger partial charge in [0.2, 0.25) is 5.91 Å². The number of thiophene rings is 1. The van der Waals surface area contributed by atoms with Crippen LogP contribution < -0.4 is 5.32 Å². The molecule has 1 aromatic heterocycles. The van der Waals surface area contributed by atoms with E-state index in [-0.39, 0.29) is 5.91 Å². The maximum atomic E-state index is 11.5. The Morgan fingerprint density at radius 1 is 1.18 bits per heavy atom. The molecule has 0 saturated heterocycles. The van der Waals surface area contributed by atoms with Gasteiger partial charge in [-0.05, 0) is 17.9 Å². The zero-order valence-electron chi connectivity index (χ0n) is 10.7. The number of unbranched alkanes of at least 4 members (excludes halogenated alkanes) is 6. The molecule has 0 aliphatic carbocycles. The van der Waals surface area contributed by atoms with Crippen LogP contribution in [0.25, 0.3) is 0 Å². The summed E-state index contributed by atoms with van der Waals surface area (Å²) in [6, 6.07) is 1.94. The minimum absolute atomic E-state index is 0.150. The Balaban J connectivity index is 1.94. The third-order valence-electron chi connectivity index (χ3n) is 2.81. The molecule has 0 saturated carbocycles. The van der Waals surface area contributed by atoms with Crippen molar-refractivity contribution < 1.29 is 4.79 Å². The Labute approximate surface area is 108 Å². The highest BCUT2D eigenvalue weighted by molar-refractivity contribution is 7.08. The van der Waals surface area contributed by atoms with Gasteiger partial charge in [-0.1, -0.05) is 45.4 Å². The molecule has 0 radical (unpaired) electrons. The topological polar surface area (TPSA) is 29.1 Å². The van der Waals surface area contributed by atoms with Crippen LogP contribution >= 0.6 is 11.3 Å². The van der Waals surface area contributed by atoms with Crippen LogP contribution in [0.5, 0.6) is 0 Å². The molecule has 0 aliphatic heterocycles. The summed E-state index contributed by atoms with van der Waals surface area (Å²) >= 11 is 1.61. The fraction of sp³-hybridized carbons (Fsp3) is 0.643. The molecule has 1 aromatic rings. The van der Waals surface area contributed by atoms with Gasteiger partial charge in [-0.3, -0.25) is 4.79 Å². The van der Waals surface area contributed by atoms with Crippen molar-refractivity contribution in [2.75, 3.05) is 5.32 Å². The minimum Gasteiger partial charge on any atom is -0.325 e. The summed E-state index contributed by atoms with van der Waals surface area (Å²) in [5.41, 5.74) is 0.933. The number of anilines is 1. The lowest BCUT2D eigenvalue weighted by Crippen LogP contribution is -2.10. The Morgan fingerprint density at radius 2 is 1.88 bits per heavy atom. The summed E-state index contributed by atoms with van der Waals surface area (Å²) < 4.78 is 0. The lowest BCUT2D eigenvalue weighted by molar-refractivity contribution is -0.116. The Kier molecular flexibility index (Phi) is 7.72. The normalized spacial score (nSPS) is 10.4. The Bertz CT molecular complexity index is 295. The van der Waals surface area contributed by atoms with E-state index in [9.17, 15) is 4.79 Å². The zero-order chi connectivity index (χ0) is 12.3. The van der Waals surface area contributed by atoms with Gasteiger partial charge in [-0.2, -0.15) is 11.3 Å². The standard InChI is InChI=1S/C14H23NOS/c1-2-3-4-5-6-7-8-9-14(16)15-13-10-11-17-12-13/h10-12H,2-9H2,1H3,(H,15,16). The maximum Gasteiger partial charge on any atom is 0.224 e. The fourth-order valence-electron chi connectivity index (χ4n) is 1.80. The molecule has 0 aliphatic rings. The molecule has 1 heterocycles. The van der Waals surface area contributed by atoms with E-state index in [1.54, 1.807) is 11.3 Å². The van der Waals surface area contributed by atoms with E-state index in [1.165, 1.54) is 38.5 Å². The first-order valence-electron chi connectivity index (χ1n) is 6.65. The van der Waals surface area contributed by atoms with Crippen LogP contribution in [-0.4, -0.2) is 5.91 Å². The number of amides is 1. The highest BCUT2D eigenvalue weighted by Crippen LogP contribution is 2.13. The SMILES string of the molecule is CCCCCCCCCC(=O)Nc1ccsc1. The van der Waals surface area contributed by atoms with Crippen LogP contribution in [0.2, 0.25) is 0 Å². The number of carbonyl (C=O) groups excluding carboxylic acids is 1. The molecule has 1 amide bonds. The number of carbonyl (C=O) groups is 1. The van der Waals surface area contributed by atoms with E-state index in [2.05, 4.69) is 12.2 Å². The average Bonchev–Trinajstić information content (AvgIpc) is 2.80. The third-order valence-corrected chi connectivity index (χ3v) is 3.50. The Hall–Kier alpha value is -0.830. The van der Waals surface area contributed by atoms with Crippen molar-refractivity contribution >= 4 is 22.9 Å². The summed E-state index contributed by atoms with van der Waals surface area (Å²) in [5.74, 6) is 0.150. The smallest absolute Gasteiger partial charge is 0.224 e. The summed E-state index contributed by atoms with van der Waals surface area (Å²) in [6.07, 6.45) is 9.43. The van der Waals surface area contributed by atoms with Crippen molar-refractivity contribution in [2.45, 2.75) is 58.3 Å². The van der Waals surface area contributed by atoms with Crippen LogP contribution in [0.4, 0.5) is 5.69 Å². The van der Waals surface area contributed by atoms with Crippen molar-refractivity contribution in [3.63, 3.8) is 0 Å². The molecule has 0 fully saturated rings. The summed E-state index contributed by atoms with van der Waals surface area (Å²) in [5, 5.41) is 6.84. The lowest BCUT2D eigenvalue weighted by Gasteiger charge is -2.03. The van der Waals surface area contributed by atoms with Gasteiger partial charge in [0, 0.05) is 11.8 Å². The summed E-state index contributed by atoms with van der Waals surface area (Å²) in [7, 11) is 0. The number of rotatable bonds is 9. The molecule has 17 heavy (non-hydrogen) atoms. The number of hydrogen-bond donors (Lipinski definition) is 1. The minimum atomic E-state index is 0.150. The monoisotopic (exact) mass is 253 g/mol. The van der Waals surface area contributed by atoms with Gasteiger partial charge in [0.05, 0.1) is 5.69 Å². The van der Waals surface area contributed by atoms with E-state index in [1.807, 2.05) is 16.8 Å². The van der Waals surface area contributed by atoms with Crippen molar-refractivity contribution in [3.05, 3.63) is 16.8 Å². The van der Waals surface area contributed by atoms with E-state index in [0.29, 0.717) is 6.42 Å². The number of nitrogens with one attached hydrogen (secondary N) is 1. The summed E-state index contributed by atoms with van der Waals surface area (Å²) in [6.45, 7) is 2.23. The molecule has 2 nitrogen and oxygen atoms in total. The van der Waals surface area contributed by atoms with Crippen LogP contribution in [0.15, 0.2) is 16.8 Å². The van der Waals surface area contributed by atoms with Gasteiger partial charge in [0.15, 0.2) is 0 Å². The molecule has 0 bridgehead atoms. The summed E-state index contributed by atoms with van der Waals surface area (Å²) in [4.78, 5) is 11.5. The van der Waals surface area contributed by atoms with Crippen molar-refractivity contribution in [3.8, 4) is 0 Å². The fourth-order valence-corrected chi connectivity index (χ4v) is 2.39.